The predicted octanol–water partition coefficient (Wildman–Crippen LogP) is 1.47. The van der Waals surface area contributed by atoms with Crippen molar-refractivity contribution in [1.82, 2.24) is 24.9 Å². The van der Waals surface area contributed by atoms with E-state index in [-0.39, 0.29) is 5.92 Å². The molecule has 25 heavy (non-hydrogen) atoms. The van der Waals surface area contributed by atoms with E-state index in [1.165, 1.54) is 5.56 Å². The predicted molar refractivity (Wildman–Crippen MR) is 90.6 cm³/mol. The Morgan fingerprint density at radius 2 is 2.16 bits per heavy atom. The number of hydrogen-bond acceptors (Lipinski definition) is 6. The van der Waals surface area contributed by atoms with E-state index in [0.29, 0.717) is 24.3 Å². The molecule has 0 N–H and O–H groups in total. The second kappa shape index (κ2) is 6.92. The van der Waals surface area contributed by atoms with E-state index in [0.717, 1.165) is 44.8 Å². The minimum atomic E-state index is 0.139. The van der Waals surface area contributed by atoms with E-state index < -0.39 is 0 Å². The molecule has 2 aromatic rings. The molecule has 1 aliphatic carbocycles. The Morgan fingerprint density at radius 3 is 2.84 bits per heavy atom. The molecular formula is C18H23N5O2. The normalized spacial score (nSPS) is 23.6. The van der Waals surface area contributed by atoms with Gasteiger partial charge < -0.3 is 9.42 Å². The van der Waals surface area contributed by atoms with Crippen LogP contribution in [0.2, 0.25) is 0 Å². The Labute approximate surface area is 147 Å². The highest BCUT2D eigenvalue weighted by molar-refractivity contribution is 5.83. The van der Waals surface area contributed by atoms with Gasteiger partial charge in [0, 0.05) is 50.9 Å². The van der Waals surface area contributed by atoms with Crippen molar-refractivity contribution in [2.24, 2.45) is 5.92 Å². The van der Waals surface area contributed by atoms with Gasteiger partial charge in [-0.2, -0.15) is 4.98 Å². The molecule has 3 heterocycles. The molecule has 4 rings (SSSR count). The summed E-state index contributed by atoms with van der Waals surface area (Å²) in [5.41, 5.74) is 1.18. The SMILES string of the molecule is CCc1nc(CN2CCN(C(=O)C3CC3c3cccnc3)CC2)no1. The summed E-state index contributed by atoms with van der Waals surface area (Å²) in [6.07, 6.45) is 5.36. The van der Waals surface area contributed by atoms with Crippen molar-refractivity contribution < 1.29 is 9.32 Å². The topological polar surface area (TPSA) is 75.4 Å². The van der Waals surface area contributed by atoms with Gasteiger partial charge >= 0.3 is 0 Å². The fourth-order valence-electron chi connectivity index (χ4n) is 3.49. The first-order valence-corrected chi connectivity index (χ1v) is 8.97. The first kappa shape index (κ1) is 16.2. The zero-order valence-corrected chi connectivity index (χ0v) is 14.5. The maximum atomic E-state index is 12.7. The highest BCUT2D eigenvalue weighted by atomic mass is 16.5. The number of hydrogen-bond donors (Lipinski definition) is 0. The van der Waals surface area contributed by atoms with E-state index in [9.17, 15) is 4.79 Å². The van der Waals surface area contributed by atoms with Crippen LogP contribution in [0.4, 0.5) is 0 Å². The molecule has 0 aromatic carbocycles. The molecule has 0 radical (unpaired) electrons. The van der Waals surface area contributed by atoms with Crippen molar-refractivity contribution in [3.05, 3.63) is 41.8 Å². The maximum Gasteiger partial charge on any atom is 0.226 e. The van der Waals surface area contributed by atoms with Crippen LogP contribution in [0.25, 0.3) is 0 Å². The standard InChI is InChI=1S/C18H23N5O2/c1-2-17-20-16(21-25-17)12-22-6-8-23(9-7-22)18(24)15-10-14(15)13-4-3-5-19-11-13/h3-5,11,14-15H,2,6-10,12H2,1H3. The van der Waals surface area contributed by atoms with Crippen LogP contribution in [-0.2, 0) is 17.8 Å². The van der Waals surface area contributed by atoms with E-state index >= 15 is 0 Å². The quantitative estimate of drug-likeness (QED) is 0.820. The molecular weight excluding hydrogens is 318 g/mol. The number of nitrogens with zero attached hydrogens (tertiary/aromatic N) is 5. The molecule has 2 aliphatic rings. The van der Waals surface area contributed by atoms with Crippen LogP contribution >= 0.6 is 0 Å². The number of pyridine rings is 1. The van der Waals surface area contributed by atoms with Crippen LogP contribution < -0.4 is 0 Å². The third-order valence-corrected chi connectivity index (χ3v) is 5.08. The second-order valence-electron chi connectivity index (χ2n) is 6.79. The van der Waals surface area contributed by atoms with Crippen molar-refractivity contribution in [2.45, 2.75) is 32.2 Å². The molecule has 2 unspecified atom stereocenters. The van der Waals surface area contributed by atoms with E-state index in [2.05, 4.69) is 26.1 Å². The molecule has 132 valence electrons. The number of carbonyl (C=O) groups excluding carboxylic acids is 1. The number of rotatable bonds is 5. The van der Waals surface area contributed by atoms with Crippen molar-refractivity contribution in [3.63, 3.8) is 0 Å². The van der Waals surface area contributed by atoms with Gasteiger partial charge in [0.15, 0.2) is 5.82 Å². The van der Waals surface area contributed by atoms with E-state index in [1.54, 1.807) is 6.20 Å². The van der Waals surface area contributed by atoms with Crippen LogP contribution in [0.1, 0.15) is 36.5 Å². The minimum absolute atomic E-state index is 0.139. The fourth-order valence-corrected chi connectivity index (χ4v) is 3.49. The highest BCUT2D eigenvalue weighted by Crippen LogP contribution is 2.48. The summed E-state index contributed by atoms with van der Waals surface area (Å²) in [6.45, 7) is 5.94. The molecule has 2 fully saturated rings. The Balaban J connectivity index is 1.27. The summed E-state index contributed by atoms with van der Waals surface area (Å²) < 4.78 is 5.15. The third-order valence-electron chi connectivity index (χ3n) is 5.08. The Morgan fingerprint density at radius 1 is 1.32 bits per heavy atom. The monoisotopic (exact) mass is 341 g/mol. The third kappa shape index (κ3) is 3.56. The molecule has 1 amide bonds. The summed E-state index contributed by atoms with van der Waals surface area (Å²) in [4.78, 5) is 25.5. The van der Waals surface area contributed by atoms with Gasteiger partial charge in [-0.05, 0) is 24.0 Å². The smallest absolute Gasteiger partial charge is 0.226 e. The highest BCUT2D eigenvalue weighted by Gasteiger charge is 2.46. The number of amides is 1. The summed E-state index contributed by atoms with van der Waals surface area (Å²) in [7, 11) is 0. The van der Waals surface area contributed by atoms with Gasteiger partial charge in [-0.25, -0.2) is 0 Å². The lowest BCUT2D eigenvalue weighted by Crippen LogP contribution is -2.49. The average molecular weight is 341 g/mol. The molecule has 2 aromatic heterocycles. The van der Waals surface area contributed by atoms with Crippen molar-refractivity contribution >= 4 is 5.91 Å². The molecule has 1 saturated carbocycles. The van der Waals surface area contributed by atoms with Crippen molar-refractivity contribution in [1.29, 1.82) is 0 Å². The lowest BCUT2D eigenvalue weighted by atomic mass is 10.1. The zero-order chi connectivity index (χ0) is 17.2. The van der Waals surface area contributed by atoms with Gasteiger partial charge in [0.2, 0.25) is 11.8 Å². The first-order chi connectivity index (χ1) is 12.2. The average Bonchev–Trinajstić information content (AvgIpc) is 3.34. The Kier molecular flexibility index (Phi) is 4.48. The molecule has 0 spiro atoms. The van der Waals surface area contributed by atoms with E-state index in [4.69, 9.17) is 4.52 Å². The fraction of sp³-hybridized carbons (Fsp3) is 0.556. The largest absolute Gasteiger partial charge is 0.340 e. The molecule has 7 heteroatoms. The number of carbonyl (C=O) groups is 1. The van der Waals surface area contributed by atoms with Gasteiger partial charge in [0.1, 0.15) is 0 Å². The second-order valence-corrected chi connectivity index (χ2v) is 6.79. The summed E-state index contributed by atoms with van der Waals surface area (Å²) >= 11 is 0. The number of aromatic nitrogens is 3. The van der Waals surface area contributed by atoms with Crippen LogP contribution in [0, 0.1) is 5.92 Å². The van der Waals surface area contributed by atoms with Gasteiger partial charge in [-0.1, -0.05) is 18.1 Å². The lowest BCUT2D eigenvalue weighted by Gasteiger charge is -2.34. The van der Waals surface area contributed by atoms with Crippen LogP contribution in [0.15, 0.2) is 29.0 Å². The van der Waals surface area contributed by atoms with E-state index in [1.807, 2.05) is 24.1 Å². The lowest BCUT2D eigenvalue weighted by molar-refractivity contribution is -0.134. The van der Waals surface area contributed by atoms with Gasteiger partial charge in [-0.15, -0.1) is 0 Å². The van der Waals surface area contributed by atoms with Crippen LogP contribution in [-0.4, -0.2) is 57.0 Å². The summed E-state index contributed by atoms with van der Waals surface area (Å²) in [5.74, 6) is 2.20. The molecule has 1 saturated heterocycles. The van der Waals surface area contributed by atoms with Gasteiger partial charge in [0.05, 0.1) is 6.54 Å². The summed E-state index contributed by atoms with van der Waals surface area (Å²) in [6, 6.07) is 4.01. The first-order valence-electron chi connectivity index (χ1n) is 8.97. The van der Waals surface area contributed by atoms with Crippen LogP contribution in [0.5, 0.6) is 0 Å². The maximum absolute atomic E-state index is 12.7. The molecule has 2 atom stereocenters. The number of piperazine rings is 1. The molecule has 7 nitrogen and oxygen atoms in total. The molecule has 1 aliphatic heterocycles. The minimum Gasteiger partial charge on any atom is -0.340 e. The van der Waals surface area contributed by atoms with Crippen molar-refractivity contribution in [2.75, 3.05) is 26.2 Å². The van der Waals surface area contributed by atoms with Gasteiger partial charge in [-0.3, -0.25) is 14.7 Å². The zero-order valence-electron chi connectivity index (χ0n) is 14.5. The Bertz CT molecular complexity index is 724. The van der Waals surface area contributed by atoms with Gasteiger partial charge in [0.25, 0.3) is 0 Å². The number of aryl methyl sites for hydroxylation is 1. The Hall–Kier alpha value is -2.28. The van der Waals surface area contributed by atoms with Crippen molar-refractivity contribution in [3.8, 4) is 0 Å². The summed E-state index contributed by atoms with van der Waals surface area (Å²) in [5, 5.41) is 4.00. The molecule has 0 bridgehead atoms. The van der Waals surface area contributed by atoms with Crippen LogP contribution in [0.3, 0.4) is 0 Å².